The fraction of sp³-hybridized carbons (Fsp3) is 0.206. The molecule has 4 nitrogen and oxygen atoms in total. The highest BCUT2D eigenvalue weighted by Crippen LogP contribution is 2.56. The standard InChI is InChI=1S/C34H31NO3/c1-37-29-17-10-16-28(21-29)34-22-27(19-24-11-5-3-6-12-24)33(36)35(23-25-13-7-4-8-14-25)31(34)20-26-15-9-18-30(38-2)32(26)34/h3-19,21,31H,20,22-23H2,1-2H3/b27-19+/t31-,34+/m0/s1. The van der Waals surface area contributed by atoms with Crippen molar-refractivity contribution >= 4 is 12.0 Å². The molecule has 1 fully saturated rings. The summed E-state index contributed by atoms with van der Waals surface area (Å²) in [6, 6.07) is 34.9. The maximum absolute atomic E-state index is 14.3. The predicted molar refractivity (Wildman–Crippen MR) is 150 cm³/mol. The lowest BCUT2D eigenvalue weighted by molar-refractivity contribution is -0.133. The zero-order valence-electron chi connectivity index (χ0n) is 21.8. The van der Waals surface area contributed by atoms with Crippen molar-refractivity contribution in [2.24, 2.45) is 0 Å². The molecule has 0 spiro atoms. The molecule has 1 amide bonds. The van der Waals surface area contributed by atoms with Crippen LogP contribution in [0.15, 0.2) is 109 Å². The molecule has 0 radical (unpaired) electrons. The van der Waals surface area contributed by atoms with E-state index in [0.717, 1.165) is 40.2 Å². The minimum Gasteiger partial charge on any atom is -0.497 e. The Morgan fingerprint density at radius 1 is 0.868 bits per heavy atom. The van der Waals surface area contributed by atoms with Crippen LogP contribution in [0.5, 0.6) is 11.5 Å². The van der Waals surface area contributed by atoms with Crippen molar-refractivity contribution < 1.29 is 14.3 Å². The van der Waals surface area contributed by atoms with Crippen LogP contribution in [0.25, 0.3) is 6.08 Å². The van der Waals surface area contributed by atoms with Crippen molar-refractivity contribution in [2.75, 3.05) is 14.2 Å². The highest BCUT2D eigenvalue weighted by Gasteiger charge is 2.57. The van der Waals surface area contributed by atoms with E-state index in [1.54, 1.807) is 14.2 Å². The second kappa shape index (κ2) is 9.86. The van der Waals surface area contributed by atoms with Gasteiger partial charge in [-0.25, -0.2) is 0 Å². The molecule has 4 aromatic carbocycles. The summed E-state index contributed by atoms with van der Waals surface area (Å²) in [5.41, 5.74) is 5.98. The lowest BCUT2D eigenvalue weighted by atomic mass is 9.65. The van der Waals surface area contributed by atoms with Crippen LogP contribution in [0.1, 0.15) is 34.2 Å². The Kier molecular flexibility index (Phi) is 6.24. The highest BCUT2D eigenvalue weighted by molar-refractivity contribution is 6.00. The molecule has 0 aromatic heterocycles. The zero-order valence-corrected chi connectivity index (χ0v) is 21.8. The van der Waals surface area contributed by atoms with Gasteiger partial charge in [-0.1, -0.05) is 84.9 Å². The number of methoxy groups -OCH3 is 2. The Bertz CT molecular complexity index is 1490. The van der Waals surface area contributed by atoms with Gasteiger partial charge in [-0.15, -0.1) is 0 Å². The van der Waals surface area contributed by atoms with E-state index in [1.165, 1.54) is 11.1 Å². The van der Waals surface area contributed by atoms with Crippen LogP contribution in [0.3, 0.4) is 0 Å². The van der Waals surface area contributed by atoms with Crippen molar-refractivity contribution in [3.05, 3.63) is 137 Å². The Morgan fingerprint density at radius 2 is 1.61 bits per heavy atom. The minimum atomic E-state index is -0.486. The molecule has 1 aliphatic heterocycles. The molecule has 0 N–H and O–H groups in total. The highest BCUT2D eigenvalue weighted by atomic mass is 16.5. The molecule has 2 atom stereocenters. The summed E-state index contributed by atoms with van der Waals surface area (Å²) in [7, 11) is 3.43. The molecule has 4 heteroatoms. The molecule has 6 rings (SSSR count). The Labute approximate surface area is 224 Å². The Hall–Kier alpha value is -4.31. The number of carbonyl (C=O) groups is 1. The van der Waals surface area contributed by atoms with Crippen LogP contribution in [-0.2, 0) is 23.2 Å². The average Bonchev–Trinajstić information content (AvgIpc) is 3.31. The predicted octanol–water partition coefficient (Wildman–Crippen LogP) is 6.43. The van der Waals surface area contributed by atoms with Crippen LogP contribution in [0, 0.1) is 0 Å². The molecule has 4 aromatic rings. The van der Waals surface area contributed by atoms with Gasteiger partial charge in [0, 0.05) is 23.1 Å². The Morgan fingerprint density at radius 3 is 2.34 bits per heavy atom. The third-order valence-corrected chi connectivity index (χ3v) is 8.06. The molecule has 38 heavy (non-hydrogen) atoms. The number of fused-ring (bicyclic) bond motifs is 3. The topological polar surface area (TPSA) is 38.8 Å². The molecule has 1 saturated heterocycles. The van der Waals surface area contributed by atoms with Crippen molar-refractivity contribution in [1.82, 2.24) is 4.90 Å². The molecule has 0 unspecified atom stereocenters. The monoisotopic (exact) mass is 501 g/mol. The summed E-state index contributed by atoms with van der Waals surface area (Å²) >= 11 is 0. The normalized spacial score (nSPS) is 21.2. The first-order valence-corrected chi connectivity index (χ1v) is 13.1. The lowest BCUT2D eigenvalue weighted by Crippen LogP contribution is -2.56. The van der Waals surface area contributed by atoms with Crippen LogP contribution in [-0.4, -0.2) is 31.1 Å². The molecular formula is C34H31NO3. The van der Waals surface area contributed by atoms with E-state index in [-0.39, 0.29) is 11.9 Å². The third-order valence-electron chi connectivity index (χ3n) is 8.06. The molecule has 0 saturated carbocycles. The molecular weight excluding hydrogens is 470 g/mol. The van der Waals surface area contributed by atoms with Crippen molar-refractivity contribution in [3.63, 3.8) is 0 Å². The van der Waals surface area contributed by atoms with Gasteiger partial charge < -0.3 is 14.4 Å². The van der Waals surface area contributed by atoms with Gasteiger partial charge in [-0.05, 0) is 59.4 Å². The molecule has 1 aliphatic carbocycles. The fourth-order valence-electron chi connectivity index (χ4n) is 6.42. The maximum Gasteiger partial charge on any atom is 0.250 e. The third kappa shape index (κ3) is 3.97. The number of likely N-dealkylation sites (tertiary alicyclic amines) is 1. The van der Waals surface area contributed by atoms with Gasteiger partial charge in [0.15, 0.2) is 0 Å². The van der Waals surface area contributed by atoms with E-state index in [2.05, 4.69) is 59.5 Å². The van der Waals surface area contributed by atoms with Crippen LogP contribution < -0.4 is 9.47 Å². The SMILES string of the molecule is COc1cccc([C@]23C/C(=C\c4ccccc4)C(=O)N(Cc4ccccc4)[C@H]2Cc2cccc(OC)c23)c1. The molecule has 0 bridgehead atoms. The summed E-state index contributed by atoms with van der Waals surface area (Å²) in [6.07, 6.45) is 3.41. The van der Waals surface area contributed by atoms with Gasteiger partial charge in [0.2, 0.25) is 5.91 Å². The molecule has 1 heterocycles. The van der Waals surface area contributed by atoms with E-state index < -0.39 is 5.41 Å². The quantitative estimate of drug-likeness (QED) is 0.286. The number of rotatable bonds is 6. The summed E-state index contributed by atoms with van der Waals surface area (Å²) in [4.78, 5) is 16.4. The van der Waals surface area contributed by atoms with Crippen LogP contribution in [0.2, 0.25) is 0 Å². The van der Waals surface area contributed by atoms with Crippen LogP contribution >= 0.6 is 0 Å². The van der Waals surface area contributed by atoms with E-state index in [0.29, 0.717) is 13.0 Å². The second-order valence-electron chi connectivity index (χ2n) is 10.1. The number of piperidine rings is 1. The van der Waals surface area contributed by atoms with Gasteiger partial charge in [0.05, 0.1) is 20.3 Å². The number of carbonyl (C=O) groups excluding carboxylic acids is 1. The average molecular weight is 502 g/mol. The van der Waals surface area contributed by atoms with Gasteiger partial charge in [-0.3, -0.25) is 4.79 Å². The van der Waals surface area contributed by atoms with Crippen molar-refractivity contribution in [1.29, 1.82) is 0 Å². The number of amides is 1. The van der Waals surface area contributed by atoms with Gasteiger partial charge in [-0.2, -0.15) is 0 Å². The van der Waals surface area contributed by atoms with Crippen molar-refractivity contribution in [2.45, 2.75) is 30.8 Å². The number of ether oxygens (including phenoxy) is 2. The number of hydrogen-bond acceptors (Lipinski definition) is 3. The maximum atomic E-state index is 14.3. The Balaban J connectivity index is 1.61. The van der Waals surface area contributed by atoms with E-state index in [1.807, 2.05) is 54.6 Å². The van der Waals surface area contributed by atoms with E-state index in [9.17, 15) is 4.79 Å². The second-order valence-corrected chi connectivity index (χ2v) is 10.1. The van der Waals surface area contributed by atoms with Gasteiger partial charge in [0.25, 0.3) is 0 Å². The van der Waals surface area contributed by atoms with Crippen molar-refractivity contribution in [3.8, 4) is 11.5 Å². The van der Waals surface area contributed by atoms with E-state index in [4.69, 9.17) is 9.47 Å². The fourth-order valence-corrected chi connectivity index (χ4v) is 6.42. The number of benzene rings is 4. The lowest BCUT2D eigenvalue weighted by Gasteiger charge is -2.48. The molecule has 190 valence electrons. The zero-order chi connectivity index (χ0) is 26.1. The first-order chi connectivity index (χ1) is 18.6. The van der Waals surface area contributed by atoms with Gasteiger partial charge in [0.1, 0.15) is 11.5 Å². The smallest absolute Gasteiger partial charge is 0.250 e. The summed E-state index contributed by atoms with van der Waals surface area (Å²) in [5, 5.41) is 0. The molecule has 2 aliphatic rings. The first-order valence-electron chi connectivity index (χ1n) is 13.1. The largest absolute Gasteiger partial charge is 0.497 e. The van der Waals surface area contributed by atoms with E-state index >= 15 is 0 Å². The summed E-state index contributed by atoms with van der Waals surface area (Å²) in [6.45, 7) is 0.540. The minimum absolute atomic E-state index is 0.0680. The van der Waals surface area contributed by atoms with Gasteiger partial charge >= 0.3 is 0 Å². The summed E-state index contributed by atoms with van der Waals surface area (Å²) < 4.78 is 11.7. The van der Waals surface area contributed by atoms with Crippen LogP contribution in [0.4, 0.5) is 0 Å². The number of nitrogens with zero attached hydrogens (tertiary/aromatic N) is 1. The number of hydrogen-bond donors (Lipinski definition) is 0. The summed E-state index contributed by atoms with van der Waals surface area (Å²) in [5.74, 6) is 1.76. The first kappa shape index (κ1) is 24.1.